The van der Waals surface area contributed by atoms with Crippen LogP contribution < -0.4 is 20.5 Å². The van der Waals surface area contributed by atoms with Gasteiger partial charge in [0.15, 0.2) is 11.6 Å². The van der Waals surface area contributed by atoms with E-state index in [0.717, 1.165) is 5.56 Å². The molecule has 0 aliphatic heterocycles. The molecule has 9 nitrogen and oxygen atoms in total. The van der Waals surface area contributed by atoms with Gasteiger partial charge in [-0.15, -0.1) is 0 Å². The molecule has 0 atom stereocenters. The summed E-state index contributed by atoms with van der Waals surface area (Å²) < 4.78 is 11.8. The molecular formula is C27H23ClN6O3. The lowest BCUT2D eigenvalue weighted by Crippen LogP contribution is -2.21. The molecule has 3 aromatic carbocycles. The zero-order chi connectivity index (χ0) is 26.4. The van der Waals surface area contributed by atoms with E-state index in [1.54, 1.807) is 50.5 Å². The highest BCUT2D eigenvalue weighted by atomic mass is 35.5. The summed E-state index contributed by atoms with van der Waals surface area (Å²) in [6.07, 6.45) is 0. The van der Waals surface area contributed by atoms with Crippen LogP contribution in [0.3, 0.4) is 0 Å². The molecule has 4 aromatic rings. The van der Waals surface area contributed by atoms with Crippen LogP contribution in [0.2, 0.25) is 5.02 Å². The van der Waals surface area contributed by atoms with Crippen molar-refractivity contribution >= 4 is 29.0 Å². The van der Waals surface area contributed by atoms with Crippen LogP contribution in [0, 0.1) is 11.3 Å². The van der Waals surface area contributed by atoms with Crippen molar-refractivity contribution in [2.45, 2.75) is 6.54 Å². The van der Waals surface area contributed by atoms with Gasteiger partial charge in [-0.25, -0.2) is 0 Å². The number of rotatable bonds is 8. The number of carbonyl (C=O) groups is 1. The maximum atomic E-state index is 12.4. The highest BCUT2D eigenvalue weighted by Gasteiger charge is 2.18. The van der Waals surface area contributed by atoms with Gasteiger partial charge in [0, 0.05) is 32.3 Å². The van der Waals surface area contributed by atoms with E-state index in [2.05, 4.69) is 15.3 Å². The summed E-state index contributed by atoms with van der Waals surface area (Å²) in [5.41, 5.74) is 8.31. The molecule has 0 saturated heterocycles. The SMILES string of the molecule is CN(C)C(=O)c1cccc(Oc2nc(Oc3cc(C#N)ccc3Cl)nc(NCc3ccccc3)c2N)c1. The molecule has 0 saturated carbocycles. The normalized spacial score (nSPS) is 10.3. The third-order valence-electron chi connectivity index (χ3n) is 5.16. The fraction of sp³-hybridized carbons (Fsp3) is 0.111. The Kier molecular flexibility index (Phi) is 7.71. The summed E-state index contributed by atoms with van der Waals surface area (Å²) in [7, 11) is 3.33. The molecule has 0 unspecified atom stereocenters. The standard InChI is InChI=1S/C27H23ClN6O3/c1-34(2)26(35)19-9-6-10-20(14-19)36-25-23(30)24(31-16-17-7-4-3-5-8-17)32-27(33-25)37-22-13-18(15-29)11-12-21(22)28/h3-14H,16,30H2,1-2H3,(H,31,32,33). The molecular weight excluding hydrogens is 492 g/mol. The molecule has 0 aliphatic carbocycles. The number of amides is 1. The second kappa shape index (κ2) is 11.3. The molecule has 3 N–H and O–H groups in total. The number of carbonyl (C=O) groups excluding carboxylic acids is 1. The van der Waals surface area contributed by atoms with Crippen LogP contribution in [-0.2, 0) is 6.54 Å². The number of anilines is 2. The lowest BCUT2D eigenvalue weighted by Gasteiger charge is -2.15. The van der Waals surface area contributed by atoms with Crippen molar-refractivity contribution in [1.29, 1.82) is 5.26 Å². The van der Waals surface area contributed by atoms with Gasteiger partial charge >= 0.3 is 6.01 Å². The van der Waals surface area contributed by atoms with Crippen molar-refractivity contribution in [1.82, 2.24) is 14.9 Å². The minimum absolute atomic E-state index is 0.0163. The van der Waals surface area contributed by atoms with E-state index in [0.29, 0.717) is 23.4 Å². The second-order valence-corrected chi connectivity index (χ2v) is 8.51. The Labute approximate surface area is 219 Å². The summed E-state index contributed by atoms with van der Waals surface area (Å²) in [5.74, 6) is 0.661. The molecule has 4 rings (SSSR count). The number of nitriles is 1. The van der Waals surface area contributed by atoms with Crippen LogP contribution in [-0.4, -0.2) is 34.9 Å². The molecule has 0 aliphatic rings. The average molecular weight is 515 g/mol. The van der Waals surface area contributed by atoms with Crippen molar-refractivity contribution < 1.29 is 14.3 Å². The van der Waals surface area contributed by atoms with E-state index < -0.39 is 0 Å². The highest BCUT2D eigenvalue weighted by Crippen LogP contribution is 2.35. The van der Waals surface area contributed by atoms with Crippen LogP contribution in [0.15, 0.2) is 72.8 Å². The van der Waals surface area contributed by atoms with Gasteiger partial charge in [-0.2, -0.15) is 15.2 Å². The summed E-state index contributed by atoms with van der Waals surface area (Å²) in [6.45, 7) is 0.429. The number of ether oxygens (including phenoxy) is 2. The van der Waals surface area contributed by atoms with Gasteiger partial charge in [0.1, 0.15) is 11.4 Å². The van der Waals surface area contributed by atoms with Gasteiger partial charge in [0.25, 0.3) is 11.8 Å². The van der Waals surface area contributed by atoms with Gasteiger partial charge in [-0.3, -0.25) is 4.79 Å². The quantitative estimate of drug-likeness (QED) is 0.316. The van der Waals surface area contributed by atoms with Crippen LogP contribution >= 0.6 is 11.6 Å². The molecule has 0 fully saturated rings. The lowest BCUT2D eigenvalue weighted by molar-refractivity contribution is 0.0827. The second-order valence-electron chi connectivity index (χ2n) is 8.10. The lowest BCUT2D eigenvalue weighted by atomic mass is 10.2. The van der Waals surface area contributed by atoms with Gasteiger partial charge in [-0.05, 0) is 35.9 Å². The summed E-state index contributed by atoms with van der Waals surface area (Å²) in [5, 5.41) is 12.7. The monoisotopic (exact) mass is 514 g/mol. The number of hydrogen-bond donors (Lipinski definition) is 2. The molecule has 1 aromatic heterocycles. The van der Waals surface area contributed by atoms with E-state index in [-0.39, 0.29) is 40.1 Å². The number of nitrogens with two attached hydrogens (primary N) is 1. The maximum Gasteiger partial charge on any atom is 0.327 e. The molecule has 1 amide bonds. The Morgan fingerprint density at radius 3 is 2.57 bits per heavy atom. The topological polar surface area (TPSA) is 126 Å². The third-order valence-corrected chi connectivity index (χ3v) is 5.47. The number of halogens is 1. The molecule has 186 valence electrons. The summed E-state index contributed by atoms with van der Waals surface area (Å²) >= 11 is 6.26. The Hall–Kier alpha value is -4.81. The minimum Gasteiger partial charge on any atom is -0.437 e. The van der Waals surface area contributed by atoms with Crippen molar-refractivity contribution in [3.63, 3.8) is 0 Å². The Morgan fingerprint density at radius 2 is 1.84 bits per heavy atom. The zero-order valence-electron chi connectivity index (χ0n) is 20.1. The van der Waals surface area contributed by atoms with E-state index in [1.165, 1.54) is 11.0 Å². The van der Waals surface area contributed by atoms with Crippen molar-refractivity contribution in [3.8, 4) is 29.5 Å². The first-order valence-corrected chi connectivity index (χ1v) is 11.5. The van der Waals surface area contributed by atoms with Gasteiger partial charge in [0.05, 0.1) is 16.7 Å². The van der Waals surface area contributed by atoms with E-state index in [9.17, 15) is 10.1 Å². The highest BCUT2D eigenvalue weighted by molar-refractivity contribution is 6.32. The van der Waals surface area contributed by atoms with Gasteiger partial charge in [-0.1, -0.05) is 48.0 Å². The van der Waals surface area contributed by atoms with E-state index in [4.69, 9.17) is 26.8 Å². The Balaban J connectivity index is 1.70. The van der Waals surface area contributed by atoms with Crippen LogP contribution in [0.5, 0.6) is 23.4 Å². The molecule has 37 heavy (non-hydrogen) atoms. The van der Waals surface area contributed by atoms with Crippen molar-refractivity contribution in [2.75, 3.05) is 25.1 Å². The molecule has 0 radical (unpaired) electrons. The first-order chi connectivity index (χ1) is 17.8. The minimum atomic E-state index is -0.178. The number of hydrogen-bond acceptors (Lipinski definition) is 8. The summed E-state index contributed by atoms with van der Waals surface area (Å²) in [6, 6.07) is 22.9. The fourth-order valence-corrected chi connectivity index (χ4v) is 3.44. The van der Waals surface area contributed by atoms with Crippen LogP contribution in [0.4, 0.5) is 11.5 Å². The number of benzene rings is 3. The largest absolute Gasteiger partial charge is 0.437 e. The third kappa shape index (κ3) is 6.25. The van der Waals surface area contributed by atoms with E-state index >= 15 is 0 Å². The average Bonchev–Trinajstić information content (AvgIpc) is 2.91. The fourth-order valence-electron chi connectivity index (χ4n) is 3.28. The predicted octanol–water partition coefficient (Wildman–Crippen LogP) is 5.48. The Morgan fingerprint density at radius 1 is 1.05 bits per heavy atom. The maximum absolute atomic E-state index is 12.4. The van der Waals surface area contributed by atoms with E-state index in [1.807, 2.05) is 36.4 Å². The number of nitrogens with one attached hydrogen (secondary N) is 1. The molecule has 0 spiro atoms. The first kappa shape index (κ1) is 25.3. The van der Waals surface area contributed by atoms with Crippen molar-refractivity contribution in [2.24, 2.45) is 0 Å². The van der Waals surface area contributed by atoms with Gasteiger partial charge < -0.3 is 25.4 Å². The Bertz CT molecular complexity index is 1470. The zero-order valence-corrected chi connectivity index (χ0v) is 20.9. The number of aromatic nitrogens is 2. The van der Waals surface area contributed by atoms with Gasteiger partial charge in [0.2, 0.25) is 0 Å². The predicted molar refractivity (Wildman–Crippen MR) is 141 cm³/mol. The van der Waals surface area contributed by atoms with Crippen LogP contribution in [0.1, 0.15) is 21.5 Å². The molecule has 1 heterocycles. The first-order valence-electron chi connectivity index (χ1n) is 11.2. The molecule has 0 bridgehead atoms. The smallest absolute Gasteiger partial charge is 0.327 e. The summed E-state index contributed by atoms with van der Waals surface area (Å²) in [4.78, 5) is 22.6. The van der Waals surface area contributed by atoms with Crippen molar-refractivity contribution in [3.05, 3.63) is 94.5 Å². The number of nitrogen functional groups attached to an aromatic ring is 1. The van der Waals surface area contributed by atoms with Crippen LogP contribution in [0.25, 0.3) is 0 Å². The molecule has 10 heteroatoms. The number of nitrogens with zero attached hydrogens (tertiary/aromatic N) is 4.